The normalized spacial score (nSPS) is 17.1. The van der Waals surface area contributed by atoms with Gasteiger partial charge in [-0.25, -0.2) is 0 Å². The number of aromatic nitrogens is 2. The molecule has 1 aliphatic carbocycles. The van der Waals surface area contributed by atoms with E-state index in [1.165, 1.54) is 0 Å². The van der Waals surface area contributed by atoms with Crippen LogP contribution >= 0.6 is 0 Å². The largest absolute Gasteiger partial charge is 0.328 e. The smallest absolute Gasteiger partial charge is 0.315 e. The molecule has 1 N–H and O–H groups in total. The van der Waals surface area contributed by atoms with E-state index in [0.717, 1.165) is 0 Å². The summed E-state index contributed by atoms with van der Waals surface area (Å²) in [6, 6.07) is 2.03. The van der Waals surface area contributed by atoms with Gasteiger partial charge in [0.2, 0.25) is 5.91 Å². The lowest BCUT2D eigenvalue weighted by Crippen LogP contribution is -2.22. The maximum atomic E-state index is 11.5. The van der Waals surface area contributed by atoms with E-state index in [1.807, 2.05) is 6.07 Å². The summed E-state index contributed by atoms with van der Waals surface area (Å²) in [5, 5.41) is 14.7. The molecular weight excluding hydrogens is 184 g/mol. The minimum Gasteiger partial charge on any atom is -0.315 e. The number of nitrogens with zero attached hydrogens (tertiary/aromatic N) is 3. The molecule has 0 saturated heterocycles. The van der Waals surface area contributed by atoms with Crippen LogP contribution in [0.2, 0.25) is 0 Å². The Morgan fingerprint density at radius 3 is 2.86 bits per heavy atom. The van der Waals surface area contributed by atoms with Gasteiger partial charge >= 0.3 is 6.01 Å². The van der Waals surface area contributed by atoms with Gasteiger partial charge in [0.05, 0.1) is 6.07 Å². The van der Waals surface area contributed by atoms with Gasteiger partial charge < -0.3 is 4.52 Å². The predicted octanol–water partition coefficient (Wildman–Crippen LogP) is 0.620. The molecule has 0 unspecified atom stereocenters. The highest BCUT2D eigenvalue weighted by molar-refractivity contribution is 5.97. The number of hydrogen-bond acceptors (Lipinski definition) is 5. The minimum atomic E-state index is -0.859. The van der Waals surface area contributed by atoms with Crippen LogP contribution in [0.15, 0.2) is 4.52 Å². The molecule has 1 heterocycles. The average Bonchev–Trinajstić information content (AvgIpc) is 2.87. The second-order valence-corrected chi connectivity index (χ2v) is 3.29. The van der Waals surface area contributed by atoms with Crippen LogP contribution in [0.5, 0.6) is 0 Å². The van der Waals surface area contributed by atoms with Gasteiger partial charge in [0.1, 0.15) is 5.41 Å². The Labute approximate surface area is 79.9 Å². The number of hydrogen-bond donors (Lipinski definition) is 1. The van der Waals surface area contributed by atoms with E-state index >= 15 is 0 Å². The quantitative estimate of drug-likeness (QED) is 0.741. The fourth-order valence-electron chi connectivity index (χ4n) is 1.08. The third-order valence-corrected chi connectivity index (χ3v) is 2.15. The number of aryl methyl sites for hydroxylation is 1. The molecule has 1 saturated carbocycles. The van der Waals surface area contributed by atoms with E-state index in [1.54, 1.807) is 6.92 Å². The molecule has 6 heteroatoms. The van der Waals surface area contributed by atoms with Crippen molar-refractivity contribution < 1.29 is 9.32 Å². The van der Waals surface area contributed by atoms with Crippen LogP contribution in [0.25, 0.3) is 0 Å². The van der Waals surface area contributed by atoms with Gasteiger partial charge in [-0.2, -0.15) is 10.2 Å². The van der Waals surface area contributed by atoms with Crippen molar-refractivity contribution in [1.82, 2.24) is 10.1 Å². The molecule has 6 nitrogen and oxygen atoms in total. The number of rotatable bonds is 2. The van der Waals surface area contributed by atoms with Crippen LogP contribution in [0.1, 0.15) is 18.7 Å². The predicted molar refractivity (Wildman–Crippen MR) is 44.9 cm³/mol. The lowest BCUT2D eigenvalue weighted by Gasteiger charge is -2.02. The summed E-state index contributed by atoms with van der Waals surface area (Å²) in [7, 11) is 0. The fraction of sp³-hybridized carbons (Fsp3) is 0.500. The van der Waals surface area contributed by atoms with Crippen molar-refractivity contribution >= 4 is 11.9 Å². The average molecular weight is 192 g/mol. The summed E-state index contributed by atoms with van der Waals surface area (Å²) in [6.45, 7) is 1.65. The lowest BCUT2D eigenvalue weighted by molar-refractivity contribution is -0.119. The van der Waals surface area contributed by atoms with Crippen LogP contribution < -0.4 is 5.32 Å². The Morgan fingerprint density at radius 2 is 2.43 bits per heavy atom. The maximum absolute atomic E-state index is 11.5. The van der Waals surface area contributed by atoms with Gasteiger partial charge in [0, 0.05) is 0 Å². The highest BCUT2D eigenvalue weighted by Gasteiger charge is 2.51. The second kappa shape index (κ2) is 2.80. The number of anilines is 1. The molecular formula is C8H8N4O2. The summed E-state index contributed by atoms with van der Waals surface area (Å²) >= 11 is 0. The van der Waals surface area contributed by atoms with Crippen LogP contribution in [0, 0.1) is 23.7 Å². The van der Waals surface area contributed by atoms with Crippen LogP contribution in [-0.4, -0.2) is 16.0 Å². The number of amides is 1. The Hall–Kier alpha value is -1.90. The molecule has 1 fully saturated rings. The Balaban J connectivity index is 2.06. The van der Waals surface area contributed by atoms with Crippen LogP contribution in [0.3, 0.4) is 0 Å². The third-order valence-electron chi connectivity index (χ3n) is 2.15. The molecule has 0 spiro atoms. The maximum Gasteiger partial charge on any atom is 0.328 e. The summed E-state index contributed by atoms with van der Waals surface area (Å²) in [4.78, 5) is 15.3. The molecule has 2 rings (SSSR count). The summed E-state index contributed by atoms with van der Waals surface area (Å²) in [5.74, 6) is 0.0887. The van der Waals surface area contributed by atoms with Crippen molar-refractivity contribution in [3.63, 3.8) is 0 Å². The van der Waals surface area contributed by atoms with Crippen molar-refractivity contribution in [3.8, 4) is 6.07 Å². The molecule has 1 aromatic rings. The first-order valence-electron chi connectivity index (χ1n) is 4.19. The SMILES string of the molecule is Cc1noc(NC(=O)C2(C#N)CC2)n1. The molecule has 0 radical (unpaired) electrons. The molecule has 1 aliphatic rings. The summed E-state index contributed by atoms with van der Waals surface area (Å²) < 4.78 is 4.70. The second-order valence-electron chi connectivity index (χ2n) is 3.29. The van der Waals surface area contributed by atoms with Gasteiger partial charge in [0.15, 0.2) is 5.82 Å². The number of nitrogens with one attached hydrogen (secondary N) is 1. The monoisotopic (exact) mass is 192 g/mol. The van der Waals surface area contributed by atoms with E-state index in [0.29, 0.717) is 18.7 Å². The zero-order chi connectivity index (χ0) is 10.2. The number of nitriles is 1. The van der Waals surface area contributed by atoms with E-state index < -0.39 is 5.41 Å². The Morgan fingerprint density at radius 1 is 1.71 bits per heavy atom. The highest BCUT2D eigenvalue weighted by Crippen LogP contribution is 2.45. The zero-order valence-corrected chi connectivity index (χ0v) is 7.57. The van der Waals surface area contributed by atoms with Gasteiger partial charge in [-0.3, -0.25) is 10.1 Å². The number of carbonyl (C=O) groups excluding carboxylic acids is 1. The standard InChI is InChI=1S/C8H8N4O2/c1-5-10-7(14-12-5)11-6(13)8(4-9)2-3-8/h2-3H2,1H3,(H,10,11,12,13). The molecule has 0 aromatic carbocycles. The van der Waals surface area contributed by atoms with Crippen molar-refractivity contribution in [2.24, 2.45) is 5.41 Å². The van der Waals surface area contributed by atoms with Crippen LogP contribution in [0.4, 0.5) is 6.01 Å². The van der Waals surface area contributed by atoms with Crippen LogP contribution in [-0.2, 0) is 4.79 Å². The molecule has 0 bridgehead atoms. The lowest BCUT2D eigenvalue weighted by atomic mass is 10.1. The molecule has 14 heavy (non-hydrogen) atoms. The van der Waals surface area contributed by atoms with Crippen molar-refractivity contribution in [2.75, 3.05) is 5.32 Å². The van der Waals surface area contributed by atoms with Gasteiger partial charge in [0.25, 0.3) is 0 Å². The first-order chi connectivity index (χ1) is 6.66. The molecule has 0 atom stereocenters. The Kier molecular flexibility index (Phi) is 1.74. The highest BCUT2D eigenvalue weighted by atomic mass is 16.5. The van der Waals surface area contributed by atoms with Gasteiger partial charge in [-0.05, 0) is 19.8 Å². The van der Waals surface area contributed by atoms with Crippen molar-refractivity contribution in [2.45, 2.75) is 19.8 Å². The topological polar surface area (TPSA) is 91.8 Å². The van der Waals surface area contributed by atoms with Gasteiger partial charge in [-0.15, -0.1) is 0 Å². The van der Waals surface area contributed by atoms with Crippen molar-refractivity contribution in [1.29, 1.82) is 5.26 Å². The first-order valence-corrected chi connectivity index (χ1v) is 4.19. The summed E-state index contributed by atoms with van der Waals surface area (Å²) in [5.41, 5.74) is -0.859. The molecule has 72 valence electrons. The number of carbonyl (C=O) groups is 1. The van der Waals surface area contributed by atoms with E-state index in [9.17, 15) is 4.79 Å². The minimum absolute atomic E-state index is 0.0500. The van der Waals surface area contributed by atoms with Gasteiger partial charge in [-0.1, -0.05) is 5.16 Å². The third kappa shape index (κ3) is 1.33. The Bertz CT molecular complexity index is 413. The fourth-order valence-corrected chi connectivity index (χ4v) is 1.08. The zero-order valence-electron chi connectivity index (χ0n) is 7.57. The summed E-state index contributed by atoms with van der Waals surface area (Å²) in [6.07, 6.45) is 1.20. The van der Waals surface area contributed by atoms with Crippen molar-refractivity contribution in [3.05, 3.63) is 5.82 Å². The molecule has 1 amide bonds. The molecule has 0 aliphatic heterocycles. The molecule has 1 aromatic heterocycles. The van der Waals surface area contributed by atoms with E-state index in [2.05, 4.69) is 15.5 Å². The van der Waals surface area contributed by atoms with E-state index in [-0.39, 0.29) is 11.9 Å². The first kappa shape index (κ1) is 8.69. The van der Waals surface area contributed by atoms with E-state index in [4.69, 9.17) is 9.78 Å².